The van der Waals surface area contributed by atoms with Crippen LogP contribution in [-0.4, -0.2) is 66.8 Å². The summed E-state index contributed by atoms with van der Waals surface area (Å²) in [5.74, 6) is 0.155. The molecule has 35 heavy (non-hydrogen) atoms. The zero-order valence-electron chi connectivity index (χ0n) is 19.8. The Morgan fingerprint density at radius 3 is 2.20 bits per heavy atom. The highest BCUT2D eigenvalue weighted by atomic mass is 35.5. The van der Waals surface area contributed by atoms with Gasteiger partial charge in [-0.25, -0.2) is 4.79 Å². The van der Waals surface area contributed by atoms with E-state index < -0.39 is 5.97 Å². The Labute approximate surface area is 215 Å². The van der Waals surface area contributed by atoms with Gasteiger partial charge in [0.2, 0.25) is 0 Å². The molecule has 0 bridgehead atoms. The molecular formula is C26H30Cl2N4O3. The number of rotatable bonds is 10. The molecule has 7 nitrogen and oxygen atoms in total. The smallest absolute Gasteiger partial charge is 0.360 e. The van der Waals surface area contributed by atoms with Gasteiger partial charge in [-0.05, 0) is 42.3 Å². The van der Waals surface area contributed by atoms with Crippen molar-refractivity contribution in [1.29, 1.82) is 0 Å². The minimum Gasteiger partial charge on any atom is -0.461 e. The molecule has 0 spiro atoms. The molecule has 0 amide bonds. The van der Waals surface area contributed by atoms with Gasteiger partial charge in [-0.15, -0.1) is 0 Å². The summed E-state index contributed by atoms with van der Waals surface area (Å²) in [5, 5.41) is 8.61. The van der Waals surface area contributed by atoms with Crippen molar-refractivity contribution in [1.82, 2.24) is 20.3 Å². The van der Waals surface area contributed by atoms with E-state index in [1.807, 2.05) is 24.3 Å². The molecule has 3 aromatic rings. The number of halogens is 2. The van der Waals surface area contributed by atoms with E-state index in [2.05, 4.69) is 44.5 Å². The van der Waals surface area contributed by atoms with Crippen LogP contribution in [-0.2, 0) is 11.3 Å². The Morgan fingerprint density at radius 1 is 1.03 bits per heavy atom. The number of hydrogen-bond acceptors (Lipinski definition) is 7. The number of carbonyl (C=O) groups is 1. The number of piperazine rings is 1. The van der Waals surface area contributed by atoms with Crippen LogP contribution in [0.1, 0.15) is 40.3 Å². The zero-order valence-corrected chi connectivity index (χ0v) is 21.3. The van der Waals surface area contributed by atoms with Gasteiger partial charge in [0.25, 0.3) is 0 Å². The molecule has 4 rings (SSSR count). The standard InChI is InChI=1S/C26H30Cl2N4O3/c1-2-34-26(33)24-17-23(35-30-24)18-29-11-12-31-13-15-32(16-14-31)25(19-3-7-21(27)8-4-19)20-5-9-22(28)10-6-20/h3-10,17,25,29H,2,11-16,18H2,1H3. The van der Waals surface area contributed by atoms with E-state index in [1.54, 1.807) is 13.0 Å². The van der Waals surface area contributed by atoms with E-state index in [9.17, 15) is 4.79 Å². The normalized spacial score (nSPS) is 15.0. The van der Waals surface area contributed by atoms with Gasteiger partial charge in [0, 0.05) is 55.4 Å². The Morgan fingerprint density at radius 2 is 1.63 bits per heavy atom. The number of benzene rings is 2. The molecular weight excluding hydrogens is 487 g/mol. The minimum atomic E-state index is -0.462. The lowest BCUT2D eigenvalue weighted by atomic mass is 9.96. The molecule has 1 N–H and O–H groups in total. The van der Waals surface area contributed by atoms with Gasteiger partial charge in [-0.1, -0.05) is 52.6 Å². The molecule has 1 aliphatic heterocycles. The lowest BCUT2D eigenvalue weighted by Crippen LogP contribution is -2.49. The summed E-state index contributed by atoms with van der Waals surface area (Å²) in [7, 11) is 0. The van der Waals surface area contributed by atoms with Crippen molar-refractivity contribution in [3.8, 4) is 0 Å². The Kier molecular flexibility index (Phi) is 9.18. The fourth-order valence-corrected chi connectivity index (χ4v) is 4.55. The maximum atomic E-state index is 11.7. The Bertz CT molecular complexity index is 1040. The first-order valence-electron chi connectivity index (χ1n) is 11.8. The van der Waals surface area contributed by atoms with E-state index in [0.29, 0.717) is 18.9 Å². The average molecular weight is 517 g/mol. The van der Waals surface area contributed by atoms with Crippen molar-refractivity contribution in [3.05, 3.63) is 87.2 Å². The van der Waals surface area contributed by atoms with Crippen molar-refractivity contribution in [2.75, 3.05) is 45.9 Å². The van der Waals surface area contributed by atoms with Crippen molar-refractivity contribution >= 4 is 29.2 Å². The van der Waals surface area contributed by atoms with Crippen LogP contribution in [0.2, 0.25) is 10.0 Å². The van der Waals surface area contributed by atoms with Crippen LogP contribution in [0, 0.1) is 0 Å². The second-order valence-electron chi connectivity index (χ2n) is 8.46. The fraction of sp³-hybridized carbons (Fsp3) is 0.385. The number of nitrogens with zero attached hydrogens (tertiary/aromatic N) is 3. The largest absolute Gasteiger partial charge is 0.461 e. The molecule has 186 valence electrons. The predicted octanol–water partition coefficient (Wildman–Crippen LogP) is 4.65. The molecule has 0 unspecified atom stereocenters. The second kappa shape index (κ2) is 12.5. The Hall–Kier alpha value is -2.42. The number of carbonyl (C=O) groups excluding carboxylic acids is 1. The lowest BCUT2D eigenvalue weighted by molar-refractivity contribution is 0.0514. The number of esters is 1. The minimum absolute atomic E-state index is 0.157. The molecule has 0 saturated carbocycles. The molecule has 9 heteroatoms. The van der Waals surface area contributed by atoms with Crippen molar-refractivity contribution in [2.24, 2.45) is 0 Å². The first-order valence-corrected chi connectivity index (χ1v) is 12.6. The van der Waals surface area contributed by atoms with Gasteiger partial charge < -0.3 is 14.6 Å². The van der Waals surface area contributed by atoms with E-state index in [0.717, 1.165) is 49.3 Å². The summed E-state index contributed by atoms with van der Waals surface area (Å²) < 4.78 is 10.1. The highest BCUT2D eigenvalue weighted by Crippen LogP contribution is 2.31. The quantitative estimate of drug-likeness (QED) is 0.310. The maximum absolute atomic E-state index is 11.7. The van der Waals surface area contributed by atoms with E-state index in [-0.39, 0.29) is 11.7 Å². The third-order valence-corrected chi connectivity index (χ3v) is 6.60. The van der Waals surface area contributed by atoms with Crippen molar-refractivity contribution < 1.29 is 14.1 Å². The topological polar surface area (TPSA) is 70.8 Å². The van der Waals surface area contributed by atoms with Crippen LogP contribution in [0.5, 0.6) is 0 Å². The molecule has 2 aromatic carbocycles. The number of nitrogens with one attached hydrogen (secondary N) is 1. The van der Waals surface area contributed by atoms with Crippen LogP contribution >= 0.6 is 23.2 Å². The Balaban J connectivity index is 1.27. The predicted molar refractivity (Wildman–Crippen MR) is 137 cm³/mol. The molecule has 1 fully saturated rings. The van der Waals surface area contributed by atoms with Crippen LogP contribution < -0.4 is 5.32 Å². The summed E-state index contributed by atoms with van der Waals surface area (Å²) in [5.41, 5.74) is 2.65. The summed E-state index contributed by atoms with van der Waals surface area (Å²) >= 11 is 12.3. The molecule has 1 aliphatic rings. The number of aromatic nitrogens is 1. The van der Waals surface area contributed by atoms with Crippen LogP contribution in [0.25, 0.3) is 0 Å². The molecule has 1 saturated heterocycles. The van der Waals surface area contributed by atoms with Crippen LogP contribution in [0.4, 0.5) is 0 Å². The molecule has 0 radical (unpaired) electrons. The zero-order chi connectivity index (χ0) is 24.6. The van der Waals surface area contributed by atoms with Gasteiger partial charge in [-0.2, -0.15) is 0 Å². The highest BCUT2D eigenvalue weighted by molar-refractivity contribution is 6.30. The highest BCUT2D eigenvalue weighted by Gasteiger charge is 2.26. The lowest BCUT2D eigenvalue weighted by Gasteiger charge is -2.40. The van der Waals surface area contributed by atoms with E-state index in [1.165, 1.54) is 11.1 Å². The maximum Gasteiger partial charge on any atom is 0.360 e. The second-order valence-corrected chi connectivity index (χ2v) is 9.33. The van der Waals surface area contributed by atoms with Crippen molar-refractivity contribution in [3.63, 3.8) is 0 Å². The van der Waals surface area contributed by atoms with Gasteiger partial charge in [0.05, 0.1) is 19.2 Å². The first kappa shape index (κ1) is 25.7. The average Bonchev–Trinajstić information content (AvgIpc) is 3.35. The van der Waals surface area contributed by atoms with Gasteiger partial charge in [-0.3, -0.25) is 9.80 Å². The van der Waals surface area contributed by atoms with E-state index in [4.69, 9.17) is 32.5 Å². The number of ether oxygens (including phenoxy) is 1. The monoisotopic (exact) mass is 516 g/mol. The van der Waals surface area contributed by atoms with Gasteiger partial charge >= 0.3 is 5.97 Å². The number of hydrogen-bond donors (Lipinski definition) is 1. The molecule has 0 atom stereocenters. The first-order chi connectivity index (χ1) is 17.0. The summed E-state index contributed by atoms with van der Waals surface area (Å²) in [6.07, 6.45) is 0. The molecule has 2 heterocycles. The SMILES string of the molecule is CCOC(=O)c1cc(CNCCN2CCN(C(c3ccc(Cl)cc3)c3ccc(Cl)cc3)CC2)on1. The molecule has 0 aliphatic carbocycles. The third kappa shape index (κ3) is 7.06. The molecule has 1 aromatic heterocycles. The summed E-state index contributed by atoms with van der Waals surface area (Å²) in [6, 6.07) is 18.0. The van der Waals surface area contributed by atoms with Gasteiger partial charge in [0.15, 0.2) is 11.5 Å². The summed E-state index contributed by atoms with van der Waals surface area (Å²) in [6.45, 7) is 8.21. The fourth-order valence-electron chi connectivity index (χ4n) is 4.30. The van der Waals surface area contributed by atoms with Crippen molar-refractivity contribution in [2.45, 2.75) is 19.5 Å². The van der Waals surface area contributed by atoms with E-state index >= 15 is 0 Å². The third-order valence-electron chi connectivity index (χ3n) is 6.09. The van der Waals surface area contributed by atoms with Gasteiger partial charge in [0.1, 0.15) is 0 Å². The summed E-state index contributed by atoms with van der Waals surface area (Å²) in [4.78, 5) is 16.7. The van der Waals surface area contributed by atoms with Crippen LogP contribution in [0.3, 0.4) is 0 Å². The van der Waals surface area contributed by atoms with Crippen LogP contribution in [0.15, 0.2) is 59.1 Å².